The number of imidazole rings is 1. The van der Waals surface area contributed by atoms with Gasteiger partial charge in [0.05, 0.1) is 29.6 Å². The van der Waals surface area contributed by atoms with Crippen molar-refractivity contribution in [3.63, 3.8) is 0 Å². The van der Waals surface area contributed by atoms with E-state index < -0.39 is 17.6 Å². The van der Waals surface area contributed by atoms with E-state index in [2.05, 4.69) is 15.3 Å². The van der Waals surface area contributed by atoms with Gasteiger partial charge in [0, 0.05) is 31.6 Å². The highest BCUT2D eigenvalue weighted by Gasteiger charge is 2.31. The molecule has 1 aromatic carbocycles. The first-order valence-electron chi connectivity index (χ1n) is 7.68. The van der Waals surface area contributed by atoms with Gasteiger partial charge in [-0.25, -0.2) is 4.98 Å². The lowest BCUT2D eigenvalue weighted by molar-refractivity contribution is -0.137. The van der Waals surface area contributed by atoms with Crippen LogP contribution in [0.15, 0.2) is 42.9 Å². The molecule has 0 saturated heterocycles. The van der Waals surface area contributed by atoms with Crippen LogP contribution in [-0.2, 0) is 10.9 Å². The second-order valence-electron chi connectivity index (χ2n) is 5.44. The van der Waals surface area contributed by atoms with E-state index in [1.54, 1.807) is 0 Å². The van der Waals surface area contributed by atoms with Gasteiger partial charge in [-0.2, -0.15) is 13.2 Å². The minimum atomic E-state index is -4.47. The van der Waals surface area contributed by atoms with E-state index in [0.717, 1.165) is 12.1 Å². The zero-order chi connectivity index (χ0) is 18.7. The molecule has 0 aliphatic rings. The minimum Gasteiger partial charge on any atom is -0.383 e. The van der Waals surface area contributed by atoms with E-state index in [1.165, 1.54) is 42.2 Å². The topological polar surface area (TPSA) is 68.5 Å². The van der Waals surface area contributed by atoms with E-state index in [-0.39, 0.29) is 23.6 Å². The van der Waals surface area contributed by atoms with Gasteiger partial charge in [0.1, 0.15) is 0 Å². The van der Waals surface area contributed by atoms with Gasteiger partial charge in [0.2, 0.25) is 5.82 Å². The molecule has 9 heteroatoms. The quantitative estimate of drug-likeness (QED) is 0.707. The highest BCUT2D eigenvalue weighted by Crippen LogP contribution is 2.33. The van der Waals surface area contributed by atoms with Crippen LogP contribution >= 0.6 is 0 Å². The predicted molar refractivity (Wildman–Crippen MR) is 87.6 cm³/mol. The van der Waals surface area contributed by atoms with Crippen LogP contribution in [0.1, 0.15) is 16.2 Å². The van der Waals surface area contributed by atoms with E-state index in [0.29, 0.717) is 12.1 Å². The summed E-state index contributed by atoms with van der Waals surface area (Å²) in [4.78, 5) is 20.6. The minimum absolute atomic E-state index is 0.0610. The molecule has 0 atom stereocenters. The first-order valence-corrected chi connectivity index (χ1v) is 7.68. The summed E-state index contributed by atoms with van der Waals surface area (Å²) < 4.78 is 45.3. The van der Waals surface area contributed by atoms with Crippen molar-refractivity contribution >= 4 is 11.4 Å². The number of fused-ring (bicyclic) bond motifs is 1. The molecule has 3 rings (SSSR count). The van der Waals surface area contributed by atoms with Gasteiger partial charge in [-0.1, -0.05) is 12.1 Å². The standard InChI is InChI=1S/C17H15F3N4O2/c1-26-8-6-22-16(25)15-23-14(13-10-21-5-7-24(13)15)11-3-2-4-12(9-11)17(18,19)20/h2-5,7,9-10H,6,8H2,1H3,(H,22,25). The molecule has 136 valence electrons. The molecule has 0 bridgehead atoms. The number of carbonyl (C=O) groups is 1. The molecule has 3 aromatic rings. The maximum atomic E-state index is 13.0. The average Bonchev–Trinajstić information content (AvgIpc) is 3.01. The van der Waals surface area contributed by atoms with Crippen molar-refractivity contribution in [1.82, 2.24) is 19.7 Å². The molecule has 0 fully saturated rings. The van der Waals surface area contributed by atoms with Crippen molar-refractivity contribution in [3.05, 3.63) is 54.2 Å². The lowest BCUT2D eigenvalue weighted by atomic mass is 10.1. The number of amides is 1. The molecule has 1 amide bonds. The second kappa shape index (κ2) is 7.12. The third-order valence-electron chi connectivity index (χ3n) is 3.70. The van der Waals surface area contributed by atoms with Crippen molar-refractivity contribution < 1.29 is 22.7 Å². The Morgan fingerprint density at radius 1 is 1.35 bits per heavy atom. The highest BCUT2D eigenvalue weighted by molar-refractivity contribution is 5.94. The Morgan fingerprint density at radius 3 is 2.88 bits per heavy atom. The zero-order valence-electron chi connectivity index (χ0n) is 13.7. The Bertz CT molecular complexity index is 937. The van der Waals surface area contributed by atoms with Gasteiger partial charge in [-0.05, 0) is 12.1 Å². The first kappa shape index (κ1) is 17.9. The molecule has 2 aromatic heterocycles. The molecule has 0 aliphatic carbocycles. The van der Waals surface area contributed by atoms with Crippen LogP contribution in [0.25, 0.3) is 16.8 Å². The van der Waals surface area contributed by atoms with E-state index in [1.807, 2.05) is 0 Å². The monoisotopic (exact) mass is 364 g/mol. The third-order valence-corrected chi connectivity index (χ3v) is 3.70. The lowest BCUT2D eigenvalue weighted by Crippen LogP contribution is -2.28. The first-order chi connectivity index (χ1) is 12.4. The highest BCUT2D eigenvalue weighted by atomic mass is 19.4. The summed E-state index contributed by atoms with van der Waals surface area (Å²) in [5.41, 5.74) is 0.150. The van der Waals surface area contributed by atoms with Gasteiger partial charge in [0.15, 0.2) is 0 Å². The van der Waals surface area contributed by atoms with Crippen LogP contribution in [0, 0.1) is 0 Å². The van der Waals surface area contributed by atoms with Crippen LogP contribution in [-0.4, -0.2) is 40.5 Å². The summed E-state index contributed by atoms with van der Waals surface area (Å²) in [6.45, 7) is 0.616. The SMILES string of the molecule is COCCNC(=O)c1nc(-c2cccc(C(F)(F)F)c2)c2cnccn12. The zero-order valence-corrected chi connectivity index (χ0v) is 13.7. The molecule has 26 heavy (non-hydrogen) atoms. The smallest absolute Gasteiger partial charge is 0.383 e. The number of hydrogen-bond donors (Lipinski definition) is 1. The molecule has 0 spiro atoms. The van der Waals surface area contributed by atoms with Crippen LogP contribution in [0.3, 0.4) is 0 Å². The van der Waals surface area contributed by atoms with Gasteiger partial charge in [0.25, 0.3) is 5.91 Å². The third kappa shape index (κ3) is 3.52. The largest absolute Gasteiger partial charge is 0.416 e. The van der Waals surface area contributed by atoms with E-state index in [9.17, 15) is 18.0 Å². The summed E-state index contributed by atoms with van der Waals surface area (Å²) in [5.74, 6) is -0.396. The van der Waals surface area contributed by atoms with Crippen molar-refractivity contribution in [2.75, 3.05) is 20.3 Å². The Balaban J connectivity index is 2.06. The molecular formula is C17H15F3N4O2. The van der Waals surface area contributed by atoms with Crippen LogP contribution in [0.2, 0.25) is 0 Å². The number of halogens is 3. The van der Waals surface area contributed by atoms with Gasteiger partial charge in [-0.15, -0.1) is 0 Å². The lowest BCUT2D eigenvalue weighted by Gasteiger charge is -2.07. The number of nitrogens with one attached hydrogen (secondary N) is 1. The van der Waals surface area contributed by atoms with Crippen molar-refractivity contribution in [2.24, 2.45) is 0 Å². The number of methoxy groups -OCH3 is 1. The molecule has 1 N–H and O–H groups in total. The summed E-state index contributed by atoms with van der Waals surface area (Å²) in [6.07, 6.45) is -0.0140. The van der Waals surface area contributed by atoms with Crippen molar-refractivity contribution in [1.29, 1.82) is 0 Å². The Hall–Kier alpha value is -2.94. The molecule has 0 radical (unpaired) electrons. The number of benzene rings is 1. The Kier molecular flexibility index (Phi) is 4.90. The molecule has 2 heterocycles. The van der Waals surface area contributed by atoms with Gasteiger partial charge < -0.3 is 10.1 Å². The number of hydrogen-bond acceptors (Lipinski definition) is 4. The number of ether oxygens (including phenoxy) is 1. The normalized spacial score (nSPS) is 11.7. The predicted octanol–water partition coefficient (Wildman–Crippen LogP) is 2.79. The number of rotatable bonds is 5. The Morgan fingerprint density at radius 2 is 2.15 bits per heavy atom. The molecule has 0 unspecified atom stereocenters. The Labute approximate surface area is 146 Å². The van der Waals surface area contributed by atoms with Crippen molar-refractivity contribution in [3.8, 4) is 11.3 Å². The van der Waals surface area contributed by atoms with Gasteiger partial charge >= 0.3 is 6.18 Å². The second-order valence-corrected chi connectivity index (χ2v) is 5.44. The number of carbonyl (C=O) groups excluding carboxylic acids is 1. The maximum Gasteiger partial charge on any atom is 0.416 e. The van der Waals surface area contributed by atoms with Crippen LogP contribution in [0.4, 0.5) is 13.2 Å². The molecular weight excluding hydrogens is 349 g/mol. The van der Waals surface area contributed by atoms with E-state index >= 15 is 0 Å². The number of aromatic nitrogens is 3. The molecule has 6 nitrogen and oxygen atoms in total. The fraction of sp³-hybridized carbons (Fsp3) is 0.235. The van der Waals surface area contributed by atoms with E-state index in [4.69, 9.17) is 4.74 Å². The fourth-order valence-corrected chi connectivity index (χ4v) is 2.50. The van der Waals surface area contributed by atoms with Gasteiger partial charge in [-0.3, -0.25) is 14.2 Å². The van der Waals surface area contributed by atoms with Crippen LogP contribution < -0.4 is 5.32 Å². The summed E-state index contributed by atoms with van der Waals surface area (Å²) >= 11 is 0. The average molecular weight is 364 g/mol. The van der Waals surface area contributed by atoms with Crippen molar-refractivity contribution in [2.45, 2.75) is 6.18 Å². The molecule has 0 aliphatic heterocycles. The maximum absolute atomic E-state index is 13.0. The fourth-order valence-electron chi connectivity index (χ4n) is 2.50. The summed E-state index contributed by atoms with van der Waals surface area (Å²) in [5, 5.41) is 2.64. The number of nitrogens with zero attached hydrogens (tertiary/aromatic N) is 3. The molecule has 0 saturated carbocycles. The summed E-state index contributed by atoms with van der Waals surface area (Å²) in [6, 6.07) is 4.80. The van der Waals surface area contributed by atoms with Crippen LogP contribution in [0.5, 0.6) is 0 Å². The summed E-state index contributed by atoms with van der Waals surface area (Å²) in [7, 11) is 1.51. The number of alkyl halides is 3.